The van der Waals surface area contributed by atoms with E-state index in [1.807, 2.05) is 17.5 Å². The maximum atomic E-state index is 13.1. The molecule has 90 valence electrons. The lowest BCUT2D eigenvalue weighted by atomic mass is 10.1. The van der Waals surface area contributed by atoms with Crippen molar-refractivity contribution in [2.75, 3.05) is 0 Å². The Hall–Kier alpha value is -1.39. The van der Waals surface area contributed by atoms with Gasteiger partial charge in [0, 0.05) is 16.5 Å². The first kappa shape index (κ1) is 12.1. The van der Waals surface area contributed by atoms with E-state index in [9.17, 15) is 9.50 Å². The standard InChI is InChI=1S/C13H13FO2S/c1-9(15)12-5-4-10(14)7-13(12)16-8-11-3-2-6-17-11/h2-7,9,15H,8H2,1H3. The Balaban J connectivity index is 2.16. The molecule has 0 bridgehead atoms. The average molecular weight is 252 g/mol. The van der Waals surface area contributed by atoms with Crippen molar-refractivity contribution < 1.29 is 14.2 Å². The molecule has 1 aromatic heterocycles. The Morgan fingerprint density at radius 3 is 2.88 bits per heavy atom. The number of aliphatic hydroxyl groups excluding tert-OH is 1. The molecule has 1 aromatic carbocycles. The molecular formula is C13H13FO2S. The first-order valence-corrected chi connectivity index (χ1v) is 6.17. The Morgan fingerprint density at radius 1 is 1.41 bits per heavy atom. The van der Waals surface area contributed by atoms with Crippen LogP contribution in [0.5, 0.6) is 5.75 Å². The highest BCUT2D eigenvalue weighted by Gasteiger charge is 2.10. The molecular weight excluding hydrogens is 239 g/mol. The van der Waals surface area contributed by atoms with E-state index in [2.05, 4.69) is 0 Å². The number of rotatable bonds is 4. The van der Waals surface area contributed by atoms with E-state index in [0.717, 1.165) is 4.88 Å². The van der Waals surface area contributed by atoms with Crippen LogP contribution in [0.3, 0.4) is 0 Å². The first-order chi connectivity index (χ1) is 8.16. The summed E-state index contributed by atoms with van der Waals surface area (Å²) in [7, 11) is 0. The lowest BCUT2D eigenvalue weighted by Gasteiger charge is -2.12. The summed E-state index contributed by atoms with van der Waals surface area (Å²) < 4.78 is 18.7. The van der Waals surface area contributed by atoms with Crippen LogP contribution < -0.4 is 4.74 Å². The van der Waals surface area contributed by atoms with Crippen LogP contribution in [0.2, 0.25) is 0 Å². The zero-order valence-corrected chi connectivity index (χ0v) is 10.2. The van der Waals surface area contributed by atoms with Crippen LogP contribution in [-0.4, -0.2) is 5.11 Å². The van der Waals surface area contributed by atoms with Gasteiger partial charge in [0.05, 0.1) is 6.10 Å². The van der Waals surface area contributed by atoms with E-state index in [0.29, 0.717) is 17.9 Å². The second-order valence-corrected chi connectivity index (χ2v) is 4.76. The fourth-order valence-electron chi connectivity index (χ4n) is 1.52. The number of hydrogen-bond acceptors (Lipinski definition) is 3. The predicted molar refractivity (Wildman–Crippen MR) is 65.7 cm³/mol. The van der Waals surface area contributed by atoms with Gasteiger partial charge in [-0.15, -0.1) is 11.3 Å². The van der Waals surface area contributed by atoms with Crippen molar-refractivity contribution in [3.63, 3.8) is 0 Å². The van der Waals surface area contributed by atoms with Crippen molar-refractivity contribution >= 4 is 11.3 Å². The van der Waals surface area contributed by atoms with E-state index in [1.165, 1.54) is 12.1 Å². The number of ether oxygens (including phenoxy) is 1. The van der Waals surface area contributed by atoms with Crippen molar-refractivity contribution in [3.05, 3.63) is 52.0 Å². The molecule has 4 heteroatoms. The van der Waals surface area contributed by atoms with E-state index >= 15 is 0 Å². The zero-order chi connectivity index (χ0) is 12.3. The number of benzene rings is 1. The minimum atomic E-state index is -0.672. The van der Waals surface area contributed by atoms with Gasteiger partial charge in [-0.25, -0.2) is 4.39 Å². The number of hydrogen-bond donors (Lipinski definition) is 1. The van der Waals surface area contributed by atoms with Crippen LogP contribution in [0.1, 0.15) is 23.5 Å². The summed E-state index contributed by atoms with van der Waals surface area (Å²) >= 11 is 1.58. The van der Waals surface area contributed by atoms with Gasteiger partial charge in [0.2, 0.25) is 0 Å². The molecule has 1 atom stereocenters. The van der Waals surface area contributed by atoms with Gasteiger partial charge in [0.1, 0.15) is 18.2 Å². The number of aliphatic hydroxyl groups is 1. The Bertz CT molecular complexity index is 480. The van der Waals surface area contributed by atoms with Crippen LogP contribution >= 0.6 is 11.3 Å². The molecule has 1 N–H and O–H groups in total. The third-order valence-corrected chi connectivity index (χ3v) is 3.23. The highest BCUT2D eigenvalue weighted by atomic mass is 32.1. The van der Waals surface area contributed by atoms with Crippen LogP contribution in [0.15, 0.2) is 35.7 Å². The fraction of sp³-hybridized carbons (Fsp3) is 0.231. The molecule has 0 aliphatic carbocycles. The van der Waals surface area contributed by atoms with Crippen molar-refractivity contribution in [2.24, 2.45) is 0 Å². The van der Waals surface area contributed by atoms with Gasteiger partial charge in [-0.3, -0.25) is 0 Å². The summed E-state index contributed by atoms with van der Waals surface area (Å²) in [6.45, 7) is 2.02. The maximum Gasteiger partial charge on any atom is 0.128 e. The lowest BCUT2D eigenvalue weighted by Crippen LogP contribution is -2.00. The molecule has 2 nitrogen and oxygen atoms in total. The first-order valence-electron chi connectivity index (χ1n) is 5.29. The zero-order valence-electron chi connectivity index (χ0n) is 9.39. The molecule has 0 fully saturated rings. The monoisotopic (exact) mass is 252 g/mol. The third-order valence-electron chi connectivity index (χ3n) is 2.38. The van der Waals surface area contributed by atoms with E-state index in [1.54, 1.807) is 24.3 Å². The second kappa shape index (κ2) is 5.29. The lowest BCUT2D eigenvalue weighted by molar-refractivity contribution is 0.190. The molecule has 17 heavy (non-hydrogen) atoms. The largest absolute Gasteiger partial charge is 0.488 e. The average Bonchev–Trinajstić information content (AvgIpc) is 2.78. The van der Waals surface area contributed by atoms with Crippen molar-refractivity contribution in [1.29, 1.82) is 0 Å². The molecule has 0 spiro atoms. The summed E-state index contributed by atoms with van der Waals surface area (Å²) in [4.78, 5) is 1.06. The maximum absolute atomic E-state index is 13.1. The minimum Gasteiger partial charge on any atom is -0.488 e. The van der Waals surface area contributed by atoms with Gasteiger partial charge in [-0.1, -0.05) is 6.07 Å². The van der Waals surface area contributed by atoms with Gasteiger partial charge < -0.3 is 9.84 Å². The molecule has 2 rings (SSSR count). The van der Waals surface area contributed by atoms with Gasteiger partial charge >= 0.3 is 0 Å². The predicted octanol–water partition coefficient (Wildman–Crippen LogP) is 3.52. The summed E-state index contributed by atoms with van der Waals surface area (Å²) in [5.41, 5.74) is 0.600. The molecule has 2 aromatic rings. The molecule has 0 saturated heterocycles. The SMILES string of the molecule is CC(O)c1ccc(F)cc1OCc1cccs1. The summed E-state index contributed by atoms with van der Waals surface area (Å²) in [5.74, 6) is 0.0315. The molecule has 0 saturated carbocycles. The van der Waals surface area contributed by atoms with Gasteiger partial charge in [-0.05, 0) is 30.5 Å². The van der Waals surface area contributed by atoms with Gasteiger partial charge in [-0.2, -0.15) is 0 Å². The normalized spacial score (nSPS) is 12.4. The van der Waals surface area contributed by atoms with Crippen LogP contribution in [0.25, 0.3) is 0 Å². The van der Waals surface area contributed by atoms with E-state index in [4.69, 9.17) is 4.74 Å². The van der Waals surface area contributed by atoms with E-state index in [-0.39, 0.29) is 5.82 Å². The highest BCUT2D eigenvalue weighted by Crippen LogP contribution is 2.27. The number of halogens is 1. The molecule has 0 radical (unpaired) electrons. The molecule has 1 heterocycles. The van der Waals surface area contributed by atoms with Crippen molar-refractivity contribution in [3.8, 4) is 5.75 Å². The summed E-state index contributed by atoms with van der Waals surface area (Å²) in [6, 6.07) is 8.05. The van der Waals surface area contributed by atoms with Crippen LogP contribution in [0, 0.1) is 5.82 Å². The third kappa shape index (κ3) is 3.05. The quantitative estimate of drug-likeness (QED) is 0.902. The Kier molecular flexibility index (Phi) is 3.76. The Labute approximate surface area is 103 Å². The number of thiophene rings is 1. The van der Waals surface area contributed by atoms with Crippen LogP contribution in [0.4, 0.5) is 4.39 Å². The van der Waals surface area contributed by atoms with Gasteiger partial charge in [0.25, 0.3) is 0 Å². The minimum absolute atomic E-state index is 0.365. The molecule has 1 unspecified atom stereocenters. The second-order valence-electron chi connectivity index (χ2n) is 3.73. The molecule has 0 aliphatic heterocycles. The topological polar surface area (TPSA) is 29.5 Å². The Morgan fingerprint density at radius 2 is 2.24 bits per heavy atom. The molecule has 0 amide bonds. The smallest absolute Gasteiger partial charge is 0.128 e. The molecule has 0 aliphatic rings. The fourth-order valence-corrected chi connectivity index (χ4v) is 2.14. The summed E-state index contributed by atoms with van der Waals surface area (Å²) in [5, 5.41) is 11.5. The van der Waals surface area contributed by atoms with Crippen LogP contribution in [-0.2, 0) is 6.61 Å². The highest BCUT2D eigenvalue weighted by molar-refractivity contribution is 7.09. The van der Waals surface area contributed by atoms with Crippen molar-refractivity contribution in [2.45, 2.75) is 19.6 Å². The van der Waals surface area contributed by atoms with Gasteiger partial charge in [0.15, 0.2) is 0 Å². The summed E-state index contributed by atoms with van der Waals surface area (Å²) in [6.07, 6.45) is -0.672. The van der Waals surface area contributed by atoms with Crippen molar-refractivity contribution in [1.82, 2.24) is 0 Å². The van der Waals surface area contributed by atoms with E-state index < -0.39 is 6.10 Å².